The van der Waals surface area contributed by atoms with Gasteiger partial charge >= 0.3 is 5.97 Å². The molecule has 0 saturated carbocycles. The highest BCUT2D eigenvalue weighted by Gasteiger charge is 2.31. The predicted octanol–water partition coefficient (Wildman–Crippen LogP) is 6.12. The summed E-state index contributed by atoms with van der Waals surface area (Å²) in [4.78, 5) is 42.1. The number of H-pyrrole nitrogens is 2. The zero-order valence-corrected chi connectivity index (χ0v) is 24.4. The van der Waals surface area contributed by atoms with Crippen molar-refractivity contribution in [3.8, 4) is 0 Å². The summed E-state index contributed by atoms with van der Waals surface area (Å²) < 4.78 is 4.89. The maximum absolute atomic E-state index is 13.2. The molecule has 0 unspecified atom stereocenters. The number of aliphatic hydroxyl groups excluding tert-OH is 1. The highest BCUT2D eigenvalue weighted by Crippen LogP contribution is 2.40. The monoisotopic (exact) mass is 542 g/mol. The molecule has 0 amide bonds. The number of rotatable bonds is 5. The number of aromatic nitrogens is 4. The van der Waals surface area contributed by atoms with Crippen molar-refractivity contribution in [2.24, 2.45) is 0 Å². The third-order valence-electron chi connectivity index (χ3n) is 8.69. The molecule has 8 nitrogen and oxygen atoms in total. The third kappa shape index (κ3) is 4.74. The summed E-state index contributed by atoms with van der Waals surface area (Å²) in [5.41, 5.74) is 11.5. The topological polar surface area (TPSA) is 121 Å². The number of esters is 1. The number of methoxy groups -OCH3 is 1. The molecular weight excluding hydrogens is 504 g/mol. The fraction of sp³-hybridized carbons (Fsp3) is 0.438. The van der Waals surface area contributed by atoms with Crippen LogP contribution in [-0.4, -0.2) is 43.9 Å². The predicted molar refractivity (Wildman–Crippen MR) is 156 cm³/mol. The normalized spacial score (nSPS) is 17.8. The zero-order chi connectivity index (χ0) is 28.9. The first-order valence-electron chi connectivity index (χ1n) is 14.0. The Hall–Kier alpha value is -3.78. The highest BCUT2D eigenvalue weighted by molar-refractivity contribution is 5.98. The van der Waals surface area contributed by atoms with Crippen LogP contribution in [0.5, 0.6) is 0 Å². The Morgan fingerprint density at radius 3 is 2.45 bits per heavy atom. The van der Waals surface area contributed by atoms with Crippen LogP contribution in [0.1, 0.15) is 107 Å². The molecular formula is C32H38N4O4. The Morgan fingerprint density at radius 2 is 1.77 bits per heavy atom. The number of carbonyl (C=O) groups excluding carboxylic acids is 2. The number of aliphatic hydroxyl groups is 1. The van der Waals surface area contributed by atoms with Crippen molar-refractivity contribution in [2.45, 2.75) is 85.2 Å². The quantitative estimate of drug-likeness (QED) is 0.334. The summed E-state index contributed by atoms with van der Waals surface area (Å²) >= 11 is 0. The Balaban J connectivity index is 1.89. The Kier molecular flexibility index (Phi) is 7.40. The molecule has 2 aliphatic heterocycles. The van der Waals surface area contributed by atoms with E-state index in [4.69, 9.17) is 14.7 Å². The Morgan fingerprint density at radius 1 is 1.05 bits per heavy atom. The van der Waals surface area contributed by atoms with Crippen LogP contribution in [-0.2, 0) is 22.4 Å². The standard InChI is InChI=1S/C32H38N4O4/c1-8-20-15(2)23-12-28-31(19(6)37)17(4)24(35-28)11-22-16(3)21(9-10-30(39)40-7)26(33-22)13-27-29(38)14-25(34-27)18(5)32(20)36-23/h11-13,16,19,21,35-37H,8-10,14H2,1-7H3/t16-,19-,21-/m0/s1. The minimum absolute atomic E-state index is 0.00507. The van der Waals surface area contributed by atoms with Crippen molar-refractivity contribution < 1.29 is 19.4 Å². The summed E-state index contributed by atoms with van der Waals surface area (Å²) in [6.45, 7) is 12.1. The average Bonchev–Trinajstić information content (AvgIpc) is 3.61. The second-order valence-corrected chi connectivity index (χ2v) is 11.1. The number of ether oxygens (including phenoxy) is 1. The number of carbonyl (C=O) groups is 2. The van der Waals surface area contributed by atoms with Crippen LogP contribution >= 0.6 is 0 Å². The molecule has 5 rings (SSSR count). The van der Waals surface area contributed by atoms with Crippen LogP contribution in [0.2, 0.25) is 0 Å². The smallest absolute Gasteiger partial charge is 0.305 e. The number of Topliss-reactive ketones (excluding diaryl/α,β-unsaturated/α-hetero) is 1. The van der Waals surface area contributed by atoms with E-state index in [0.717, 1.165) is 67.8 Å². The van der Waals surface area contributed by atoms with Gasteiger partial charge in [0.05, 0.1) is 25.3 Å². The van der Waals surface area contributed by atoms with Crippen molar-refractivity contribution in [1.29, 1.82) is 0 Å². The first-order chi connectivity index (χ1) is 19.0. The lowest BCUT2D eigenvalue weighted by molar-refractivity contribution is -0.140. The van der Waals surface area contributed by atoms with Crippen molar-refractivity contribution >= 4 is 33.8 Å². The van der Waals surface area contributed by atoms with Crippen molar-refractivity contribution in [3.05, 3.63) is 68.8 Å². The fourth-order valence-electron chi connectivity index (χ4n) is 6.28. The molecule has 8 bridgehead atoms. The van der Waals surface area contributed by atoms with E-state index in [1.165, 1.54) is 12.7 Å². The molecule has 0 spiro atoms. The van der Waals surface area contributed by atoms with E-state index in [0.29, 0.717) is 12.1 Å². The molecule has 8 heteroatoms. The second-order valence-electron chi connectivity index (χ2n) is 11.1. The van der Waals surface area contributed by atoms with Gasteiger partial charge in [0.2, 0.25) is 0 Å². The maximum atomic E-state index is 13.2. The largest absolute Gasteiger partial charge is 0.469 e. The van der Waals surface area contributed by atoms with Crippen LogP contribution in [0.15, 0.2) is 18.2 Å². The lowest BCUT2D eigenvalue weighted by Gasteiger charge is -2.15. The number of nitrogens with zero attached hydrogens (tertiary/aromatic N) is 2. The van der Waals surface area contributed by atoms with Crippen molar-refractivity contribution in [3.63, 3.8) is 0 Å². The van der Waals surface area contributed by atoms with Gasteiger partial charge in [0.1, 0.15) is 5.69 Å². The van der Waals surface area contributed by atoms with Crippen LogP contribution < -0.4 is 0 Å². The fourth-order valence-corrected chi connectivity index (χ4v) is 6.28. The summed E-state index contributed by atoms with van der Waals surface area (Å²) in [5, 5.41) is 10.8. The summed E-state index contributed by atoms with van der Waals surface area (Å²) in [7, 11) is 1.39. The Labute approximate surface area is 234 Å². The maximum Gasteiger partial charge on any atom is 0.305 e. The van der Waals surface area contributed by atoms with Gasteiger partial charge in [-0.2, -0.15) is 0 Å². The average molecular weight is 543 g/mol. The minimum atomic E-state index is -0.667. The van der Waals surface area contributed by atoms with Crippen LogP contribution in [0.25, 0.3) is 22.1 Å². The van der Waals surface area contributed by atoms with Crippen molar-refractivity contribution in [2.75, 3.05) is 7.11 Å². The number of aromatic amines is 2. The second kappa shape index (κ2) is 10.7. The number of fused-ring (bicyclic) bond motifs is 8. The molecule has 3 atom stereocenters. The molecule has 3 aromatic heterocycles. The summed E-state index contributed by atoms with van der Waals surface area (Å²) in [6.07, 6.45) is 1.21. The van der Waals surface area contributed by atoms with Gasteiger partial charge in [-0.05, 0) is 81.0 Å². The van der Waals surface area contributed by atoms with Gasteiger partial charge in [0.15, 0.2) is 5.78 Å². The first kappa shape index (κ1) is 27.8. The van der Waals surface area contributed by atoms with E-state index in [-0.39, 0.29) is 36.4 Å². The van der Waals surface area contributed by atoms with E-state index < -0.39 is 6.10 Å². The lowest BCUT2D eigenvalue weighted by atomic mass is 9.87. The number of ketones is 1. The molecule has 2 aliphatic rings. The zero-order valence-electron chi connectivity index (χ0n) is 24.4. The van der Waals surface area contributed by atoms with Crippen LogP contribution in [0.4, 0.5) is 0 Å². The summed E-state index contributed by atoms with van der Waals surface area (Å²) in [6, 6.07) is 5.90. The number of hydrogen-bond acceptors (Lipinski definition) is 6. The van der Waals surface area contributed by atoms with Gasteiger partial charge in [0.25, 0.3) is 0 Å². The molecule has 0 fully saturated rings. The van der Waals surface area contributed by atoms with Gasteiger partial charge in [-0.1, -0.05) is 13.8 Å². The molecule has 0 aliphatic carbocycles. The third-order valence-corrected chi connectivity index (χ3v) is 8.69. The van der Waals surface area contributed by atoms with Crippen molar-refractivity contribution in [1.82, 2.24) is 19.9 Å². The van der Waals surface area contributed by atoms with E-state index in [1.807, 2.05) is 26.0 Å². The first-order valence-corrected chi connectivity index (χ1v) is 14.0. The molecule has 210 valence electrons. The molecule has 0 saturated heterocycles. The van der Waals surface area contributed by atoms with E-state index >= 15 is 0 Å². The molecule has 40 heavy (non-hydrogen) atoms. The van der Waals surface area contributed by atoms with E-state index in [1.54, 1.807) is 6.92 Å². The molecule has 3 aromatic rings. The lowest BCUT2D eigenvalue weighted by Crippen LogP contribution is -2.07. The number of nitrogens with one attached hydrogen (secondary N) is 2. The molecule has 3 N–H and O–H groups in total. The highest BCUT2D eigenvalue weighted by atomic mass is 16.5. The van der Waals surface area contributed by atoms with Crippen LogP contribution in [0, 0.1) is 20.8 Å². The Bertz CT molecular complexity index is 1680. The van der Waals surface area contributed by atoms with Crippen LogP contribution in [0.3, 0.4) is 0 Å². The SMILES string of the molecule is CCc1c(C)c2cc3[nH]c(cc4nc(cc5nc(c(C)c1[nH]2)CC5=O)[C@@H](CCC(=O)OC)[C@@H]4C)c(C)c3[C@H](C)O. The number of aryl methyl sites for hydroxylation is 4. The van der Waals surface area contributed by atoms with E-state index in [2.05, 4.69) is 36.8 Å². The van der Waals surface area contributed by atoms with E-state index in [9.17, 15) is 14.7 Å². The minimum Gasteiger partial charge on any atom is -0.469 e. The van der Waals surface area contributed by atoms with Gasteiger partial charge in [0, 0.05) is 57.3 Å². The van der Waals surface area contributed by atoms with Gasteiger partial charge < -0.3 is 19.8 Å². The van der Waals surface area contributed by atoms with Gasteiger partial charge in [-0.15, -0.1) is 0 Å². The van der Waals surface area contributed by atoms with Gasteiger partial charge in [-0.3, -0.25) is 14.6 Å². The molecule has 0 aromatic carbocycles. The molecule has 5 heterocycles. The molecule has 0 radical (unpaired) electrons. The van der Waals surface area contributed by atoms with Gasteiger partial charge in [-0.25, -0.2) is 4.98 Å². The number of hydrogen-bond donors (Lipinski definition) is 3. The summed E-state index contributed by atoms with van der Waals surface area (Å²) in [5.74, 6) is -0.363.